The predicted octanol–water partition coefficient (Wildman–Crippen LogP) is 7.51. The van der Waals surface area contributed by atoms with Crippen molar-refractivity contribution < 1.29 is 18.3 Å². The maximum atomic E-state index is 14.8. The Kier molecular flexibility index (Phi) is 10.7. The van der Waals surface area contributed by atoms with E-state index >= 15 is 0 Å². The van der Waals surface area contributed by atoms with Gasteiger partial charge in [-0.25, -0.2) is 4.39 Å². The number of methoxy groups -OCH3 is 1. The molecule has 0 N–H and O–H groups in total. The van der Waals surface area contributed by atoms with Gasteiger partial charge in [-0.15, -0.1) is 0 Å². The predicted molar refractivity (Wildman–Crippen MR) is 170 cm³/mol. The molecular weight excluding hydrogens is 542 g/mol. The summed E-state index contributed by atoms with van der Waals surface area (Å²) in [6.07, 6.45) is 2.42. The van der Waals surface area contributed by atoms with Gasteiger partial charge in [0.05, 0.1) is 26.9 Å². The van der Waals surface area contributed by atoms with Crippen molar-refractivity contribution >= 4 is 5.91 Å². The van der Waals surface area contributed by atoms with E-state index in [1.807, 2.05) is 17.0 Å². The van der Waals surface area contributed by atoms with Crippen LogP contribution in [0, 0.1) is 12.7 Å². The first-order valence-electron chi connectivity index (χ1n) is 14.5. The summed E-state index contributed by atoms with van der Waals surface area (Å²) in [6, 6.07) is 29.9. The van der Waals surface area contributed by atoms with Crippen LogP contribution in [0.4, 0.5) is 8.78 Å². The van der Waals surface area contributed by atoms with Crippen molar-refractivity contribution in [2.24, 2.45) is 0 Å². The zero-order valence-corrected chi connectivity index (χ0v) is 24.5. The Hall–Kier alpha value is -4.03. The number of halogens is 2. The highest BCUT2D eigenvalue weighted by Crippen LogP contribution is 2.38. The number of rotatable bonds is 7. The van der Waals surface area contributed by atoms with Crippen LogP contribution in [-0.4, -0.2) is 49.1 Å². The number of hydrogen-bond acceptors (Lipinski definition) is 3. The zero-order valence-electron chi connectivity index (χ0n) is 24.5. The SMILES string of the molecule is C.CF.COc1cc2c(cc1C)C(c1ccccc1)N(CC(=O)N(Cc1ccccc1F)C1Cc3ccccc3C1)CC2. The number of hydrogen-bond donors (Lipinski definition) is 0. The van der Waals surface area contributed by atoms with Crippen LogP contribution in [-0.2, 0) is 30.6 Å². The molecule has 2 aliphatic rings. The van der Waals surface area contributed by atoms with Crippen LogP contribution in [0.1, 0.15) is 52.4 Å². The lowest BCUT2D eigenvalue weighted by molar-refractivity contribution is -0.136. The van der Waals surface area contributed by atoms with Gasteiger partial charge in [-0.3, -0.25) is 14.1 Å². The summed E-state index contributed by atoms with van der Waals surface area (Å²) in [5.74, 6) is 0.664. The van der Waals surface area contributed by atoms with Crippen LogP contribution < -0.4 is 4.74 Å². The fourth-order valence-electron chi connectivity index (χ4n) is 6.48. The Morgan fingerprint density at radius 1 is 0.907 bits per heavy atom. The van der Waals surface area contributed by atoms with Gasteiger partial charge in [0.15, 0.2) is 0 Å². The molecule has 0 bridgehead atoms. The number of nitrogens with zero attached hydrogens (tertiary/aromatic N) is 2. The molecule has 0 saturated carbocycles. The highest BCUT2D eigenvalue weighted by Gasteiger charge is 2.35. The summed E-state index contributed by atoms with van der Waals surface area (Å²) in [4.78, 5) is 18.5. The third-order valence-electron chi connectivity index (χ3n) is 8.53. The molecule has 1 amide bonds. The summed E-state index contributed by atoms with van der Waals surface area (Å²) < 4.78 is 29.9. The highest BCUT2D eigenvalue weighted by molar-refractivity contribution is 5.79. The first-order chi connectivity index (χ1) is 20.5. The Balaban J connectivity index is 0.00000138. The molecule has 4 nitrogen and oxygen atoms in total. The first kappa shape index (κ1) is 31.9. The minimum absolute atomic E-state index is 0. The average Bonchev–Trinajstić information content (AvgIpc) is 3.45. The molecule has 6 heteroatoms. The number of aryl methyl sites for hydroxylation is 1. The van der Waals surface area contributed by atoms with Crippen molar-refractivity contribution in [3.8, 4) is 5.75 Å². The van der Waals surface area contributed by atoms with Crippen LogP contribution in [0.2, 0.25) is 0 Å². The van der Waals surface area contributed by atoms with Crippen LogP contribution in [0.25, 0.3) is 0 Å². The van der Waals surface area contributed by atoms with E-state index in [1.54, 1.807) is 19.2 Å². The quantitative estimate of drug-likeness (QED) is 0.225. The molecule has 0 spiro atoms. The van der Waals surface area contributed by atoms with E-state index in [-0.39, 0.29) is 44.3 Å². The molecule has 43 heavy (non-hydrogen) atoms. The molecule has 226 valence electrons. The van der Waals surface area contributed by atoms with E-state index in [4.69, 9.17) is 4.74 Å². The van der Waals surface area contributed by atoms with Crippen molar-refractivity contribution in [2.75, 3.05) is 27.4 Å². The second-order valence-electron chi connectivity index (χ2n) is 11.0. The lowest BCUT2D eigenvalue weighted by atomic mass is 9.86. The highest BCUT2D eigenvalue weighted by atomic mass is 19.1. The van der Waals surface area contributed by atoms with E-state index in [1.165, 1.54) is 28.3 Å². The maximum Gasteiger partial charge on any atom is 0.237 e. The van der Waals surface area contributed by atoms with Crippen molar-refractivity contribution in [2.45, 2.75) is 52.2 Å². The monoisotopic (exact) mass is 584 g/mol. The van der Waals surface area contributed by atoms with E-state index < -0.39 is 0 Å². The molecule has 6 rings (SSSR count). The second-order valence-corrected chi connectivity index (χ2v) is 11.0. The van der Waals surface area contributed by atoms with Crippen molar-refractivity contribution in [3.05, 3.63) is 136 Å². The molecule has 1 atom stereocenters. The average molecular weight is 585 g/mol. The Morgan fingerprint density at radius 3 is 2.19 bits per heavy atom. The van der Waals surface area contributed by atoms with E-state index in [0.29, 0.717) is 12.7 Å². The number of alkyl halides is 1. The third kappa shape index (κ3) is 6.80. The summed E-state index contributed by atoms with van der Waals surface area (Å²) in [6.45, 7) is 3.36. The van der Waals surface area contributed by atoms with Gasteiger partial charge in [-0.2, -0.15) is 0 Å². The summed E-state index contributed by atoms with van der Waals surface area (Å²) in [5, 5.41) is 0. The molecule has 0 saturated heterocycles. The van der Waals surface area contributed by atoms with Gasteiger partial charge >= 0.3 is 0 Å². The van der Waals surface area contributed by atoms with Gasteiger partial charge in [-0.05, 0) is 71.7 Å². The molecule has 1 aliphatic carbocycles. The topological polar surface area (TPSA) is 32.8 Å². The smallest absolute Gasteiger partial charge is 0.237 e. The van der Waals surface area contributed by atoms with Gasteiger partial charge in [0.2, 0.25) is 5.91 Å². The summed E-state index contributed by atoms with van der Waals surface area (Å²) >= 11 is 0. The second kappa shape index (κ2) is 14.4. The molecular formula is C37H42F2N2O2. The number of benzene rings is 4. The first-order valence-corrected chi connectivity index (χ1v) is 14.5. The Morgan fingerprint density at radius 2 is 1.53 bits per heavy atom. The third-order valence-corrected chi connectivity index (χ3v) is 8.53. The number of ether oxygens (including phenoxy) is 1. The van der Waals surface area contributed by atoms with Crippen LogP contribution in [0.3, 0.4) is 0 Å². The van der Waals surface area contributed by atoms with E-state index in [0.717, 1.165) is 42.7 Å². The largest absolute Gasteiger partial charge is 0.496 e. The van der Waals surface area contributed by atoms with E-state index in [2.05, 4.69) is 72.5 Å². The standard InChI is InChI=1S/C35H35FN2O2.CH3F.CH4/c1-24-18-31-28(21-33(24)40-2)16-17-37(35(31)25-10-4-3-5-11-25)23-34(39)38(22-29-14-8-9-15-32(29)36)30-19-26-12-6-7-13-27(26)20-30;1-2;/h3-15,18,21,30,35H,16-17,19-20,22-23H2,1-2H3;1H3;1H4. The number of fused-ring (bicyclic) bond motifs is 2. The summed E-state index contributed by atoms with van der Waals surface area (Å²) in [5.41, 5.74) is 7.83. The number of carbonyl (C=O) groups excluding carboxylic acids is 1. The lowest BCUT2D eigenvalue weighted by Gasteiger charge is -2.39. The molecule has 4 aromatic rings. The van der Waals surface area contributed by atoms with Gasteiger partial charge in [-0.1, -0.05) is 86.3 Å². The summed E-state index contributed by atoms with van der Waals surface area (Å²) in [7, 11) is 2.21. The van der Waals surface area contributed by atoms with Crippen LogP contribution in [0.15, 0.2) is 91.0 Å². The fraction of sp³-hybridized carbons (Fsp3) is 0.324. The lowest BCUT2D eigenvalue weighted by Crippen LogP contribution is -2.48. The van der Waals surface area contributed by atoms with Crippen molar-refractivity contribution in [1.82, 2.24) is 9.80 Å². The van der Waals surface area contributed by atoms with Crippen molar-refractivity contribution in [1.29, 1.82) is 0 Å². The van der Waals surface area contributed by atoms with Gasteiger partial charge in [0, 0.05) is 24.7 Å². The Bertz CT molecular complexity index is 1500. The Labute approximate surface area is 254 Å². The molecule has 1 unspecified atom stereocenters. The molecule has 1 aliphatic heterocycles. The van der Waals surface area contributed by atoms with Crippen LogP contribution in [0.5, 0.6) is 5.75 Å². The minimum Gasteiger partial charge on any atom is -0.496 e. The molecule has 0 aromatic heterocycles. The maximum absolute atomic E-state index is 14.8. The molecule has 1 heterocycles. The molecule has 0 fully saturated rings. The van der Waals surface area contributed by atoms with Crippen LogP contribution >= 0.6 is 0 Å². The molecule has 0 radical (unpaired) electrons. The van der Waals surface area contributed by atoms with Gasteiger partial charge in [0.25, 0.3) is 0 Å². The minimum atomic E-state index is -0.269. The molecule has 4 aromatic carbocycles. The number of carbonyl (C=O) groups is 1. The van der Waals surface area contributed by atoms with Crippen molar-refractivity contribution in [3.63, 3.8) is 0 Å². The van der Waals surface area contributed by atoms with E-state index in [9.17, 15) is 13.6 Å². The van der Waals surface area contributed by atoms with Gasteiger partial charge < -0.3 is 9.64 Å². The van der Waals surface area contributed by atoms with Gasteiger partial charge in [0.1, 0.15) is 11.6 Å². The number of amides is 1. The normalized spacial score (nSPS) is 15.8. The zero-order chi connectivity index (χ0) is 29.6. The fourth-order valence-corrected chi connectivity index (χ4v) is 6.48.